The lowest BCUT2D eigenvalue weighted by Crippen LogP contribution is -2.26. The molecule has 23 heavy (non-hydrogen) atoms. The Kier molecular flexibility index (Phi) is 5.50. The van der Waals surface area contributed by atoms with Crippen molar-refractivity contribution >= 4 is 0 Å². The van der Waals surface area contributed by atoms with Gasteiger partial charge in [0.15, 0.2) is 11.6 Å². The minimum atomic E-state index is -0.743. The van der Waals surface area contributed by atoms with E-state index in [1.165, 1.54) is 63.5 Å². The fourth-order valence-corrected chi connectivity index (χ4v) is 4.72. The molecule has 1 aromatic rings. The molecule has 0 amide bonds. The number of allylic oxidation sites excluding steroid dienone is 1. The van der Waals surface area contributed by atoms with Gasteiger partial charge >= 0.3 is 0 Å². The Labute approximate surface area is 139 Å². The van der Waals surface area contributed by atoms with E-state index in [-0.39, 0.29) is 0 Å². The summed E-state index contributed by atoms with van der Waals surface area (Å²) in [5.74, 6) is 1.73. The minimum absolute atomic E-state index is 0.639. The van der Waals surface area contributed by atoms with Crippen LogP contribution in [0.5, 0.6) is 0 Å². The van der Waals surface area contributed by atoms with Crippen molar-refractivity contribution < 1.29 is 8.78 Å². The van der Waals surface area contributed by atoms with Crippen molar-refractivity contribution in [2.24, 2.45) is 23.7 Å². The van der Waals surface area contributed by atoms with Crippen molar-refractivity contribution in [1.82, 2.24) is 0 Å². The van der Waals surface area contributed by atoms with Crippen molar-refractivity contribution in [3.8, 4) is 0 Å². The van der Waals surface area contributed by atoms with Crippen LogP contribution in [0.4, 0.5) is 8.78 Å². The molecule has 3 rings (SSSR count). The number of benzene rings is 1. The lowest BCUT2D eigenvalue weighted by molar-refractivity contribution is 0.155. The Hall–Kier alpha value is -1.18. The van der Waals surface area contributed by atoms with E-state index in [1.807, 2.05) is 0 Å². The van der Waals surface area contributed by atoms with Gasteiger partial charge in [-0.3, -0.25) is 0 Å². The summed E-state index contributed by atoms with van der Waals surface area (Å²) >= 11 is 0. The summed E-state index contributed by atoms with van der Waals surface area (Å²) in [6.45, 7) is 3.93. The van der Waals surface area contributed by atoms with Crippen LogP contribution in [0.25, 0.3) is 0 Å². The SMILES string of the molecule is C=CC1CCC(C2CCC(Cc3ccc(F)c(F)c3)CC2)CC1. The van der Waals surface area contributed by atoms with Crippen LogP contribution in [-0.2, 0) is 6.42 Å². The smallest absolute Gasteiger partial charge is 0.159 e. The van der Waals surface area contributed by atoms with Crippen LogP contribution in [0, 0.1) is 35.3 Å². The third-order valence-electron chi connectivity index (χ3n) is 6.22. The predicted octanol–water partition coefficient (Wildman–Crippen LogP) is 6.31. The van der Waals surface area contributed by atoms with E-state index in [9.17, 15) is 8.78 Å². The molecule has 2 saturated carbocycles. The van der Waals surface area contributed by atoms with Gasteiger partial charge in [0.25, 0.3) is 0 Å². The van der Waals surface area contributed by atoms with Gasteiger partial charge in [-0.1, -0.05) is 12.1 Å². The molecule has 0 saturated heterocycles. The van der Waals surface area contributed by atoms with Crippen LogP contribution in [0.1, 0.15) is 56.9 Å². The molecule has 0 bridgehead atoms. The molecule has 1 aromatic carbocycles. The minimum Gasteiger partial charge on any atom is -0.204 e. The van der Waals surface area contributed by atoms with Gasteiger partial charge in [0.1, 0.15) is 0 Å². The Balaban J connectivity index is 1.47. The third kappa shape index (κ3) is 4.22. The van der Waals surface area contributed by atoms with Crippen LogP contribution < -0.4 is 0 Å². The monoisotopic (exact) mass is 318 g/mol. The van der Waals surface area contributed by atoms with Gasteiger partial charge in [-0.2, -0.15) is 0 Å². The van der Waals surface area contributed by atoms with E-state index in [0.717, 1.165) is 29.7 Å². The van der Waals surface area contributed by atoms with Gasteiger partial charge in [0.2, 0.25) is 0 Å². The largest absolute Gasteiger partial charge is 0.204 e. The average Bonchev–Trinajstić information content (AvgIpc) is 2.59. The summed E-state index contributed by atoms with van der Waals surface area (Å²) in [6.07, 6.45) is 13.5. The van der Waals surface area contributed by atoms with E-state index in [1.54, 1.807) is 6.07 Å². The average molecular weight is 318 g/mol. The van der Waals surface area contributed by atoms with Gasteiger partial charge in [-0.25, -0.2) is 8.78 Å². The Morgan fingerprint density at radius 2 is 1.48 bits per heavy atom. The third-order valence-corrected chi connectivity index (χ3v) is 6.22. The fourth-order valence-electron chi connectivity index (χ4n) is 4.72. The first kappa shape index (κ1) is 16.7. The van der Waals surface area contributed by atoms with Gasteiger partial charge in [-0.05, 0) is 99.2 Å². The molecule has 2 fully saturated rings. The molecule has 0 heterocycles. The fraction of sp³-hybridized carbons (Fsp3) is 0.619. The second-order valence-electron chi connectivity index (χ2n) is 7.64. The molecule has 2 aliphatic carbocycles. The zero-order valence-electron chi connectivity index (χ0n) is 13.9. The van der Waals surface area contributed by atoms with Crippen molar-refractivity contribution in [2.45, 2.75) is 57.8 Å². The summed E-state index contributed by atoms with van der Waals surface area (Å²) in [4.78, 5) is 0. The van der Waals surface area contributed by atoms with Gasteiger partial charge in [-0.15, -0.1) is 6.58 Å². The zero-order valence-corrected chi connectivity index (χ0v) is 13.9. The molecule has 0 unspecified atom stereocenters. The predicted molar refractivity (Wildman–Crippen MR) is 91.2 cm³/mol. The van der Waals surface area contributed by atoms with E-state index < -0.39 is 11.6 Å². The van der Waals surface area contributed by atoms with E-state index in [4.69, 9.17) is 0 Å². The maximum atomic E-state index is 13.3. The molecule has 0 spiro atoms. The Bertz CT molecular complexity index is 521. The van der Waals surface area contributed by atoms with Crippen LogP contribution in [0.2, 0.25) is 0 Å². The highest BCUT2D eigenvalue weighted by atomic mass is 19.2. The molecule has 0 N–H and O–H groups in total. The van der Waals surface area contributed by atoms with Crippen LogP contribution in [0.15, 0.2) is 30.9 Å². The Morgan fingerprint density at radius 1 is 0.870 bits per heavy atom. The lowest BCUT2D eigenvalue weighted by atomic mass is 9.68. The molecule has 2 aliphatic rings. The first-order chi connectivity index (χ1) is 11.2. The molecular formula is C21H28F2. The highest BCUT2D eigenvalue weighted by Crippen LogP contribution is 2.42. The van der Waals surface area contributed by atoms with Crippen molar-refractivity contribution in [3.05, 3.63) is 48.1 Å². The summed E-state index contributed by atoms with van der Waals surface area (Å²) in [5, 5.41) is 0. The van der Waals surface area contributed by atoms with Gasteiger partial charge in [0.05, 0.1) is 0 Å². The topological polar surface area (TPSA) is 0 Å². The summed E-state index contributed by atoms with van der Waals surface area (Å²) in [6, 6.07) is 4.37. The standard InChI is InChI=1S/C21H28F2/c1-2-15-3-8-18(9-4-15)19-10-5-16(6-11-19)13-17-7-12-20(22)21(23)14-17/h2,7,12,14-16,18-19H,1,3-6,8-11,13H2. The second-order valence-corrected chi connectivity index (χ2v) is 7.64. The van der Waals surface area contributed by atoms with E-state index >= 15 is 0 Å². The first-order valence-electron chi connectivity index (χ1n) is 9.22. The first-order valence-corrected chi connectivity index (χ1v) is 9.22. The normalized spacial score (nSPS) is 31.7. The summed E-state index contributed by atoms with van der Waals surface area (Å²) in [5.41, 5.74) is 0.943. The number of hydrogen-bond acceptors (Lipinski definition) is 0. The summed E-state index contributed by atoms with van der Waals surface area (Å²) in [7, 11) is 0. The summed E-state index contributed by atoms with van der Waals surface area (Å²) < 4.78 is 26.3. The molecule has 0 aromatic heterocycles. The molecular weight excluding hydrogens is 290 g/mol. The zero-order chi connectivity index (χ0) is 16.2. The van der Waals surface area contributed by atoms with Crippen LogP contribution in [-0.4, -0.2) is 0 Å². The second kappa shape index (κ2) is 7.59. The number of hydrogen-bond donors (Lipinski definition) is 0. The van der Waals surface area contributed by atoms with E-state index in [2.05, 4.69) is 12.7 Å². The van der Waals surface area contributed by atoms with Crippen molar-refractivity contribution in [3.63, 3.8) is 0 Å². The highest BCUT2D eigenvalue weighted by Gasteiger charge is 2.30. The number of halogens is 2. The van der Waals surface area contributed by atoms with E-state index in [0.29, 0.717) is 5.92 Å². The maximum Gasteiger partial charge on any atom is 0.159 e. The quantitative estimate of drug-likeness (QED) is 0.571. The van der Waals surface area contributed by atoms with Gasteiger partial charge in [0, 0.05) is 0 Å². The number of rotatable bonds is 4. The molecule has 0 aliphatic heterocycles. The highest BCUT2D eigenvalue weighted by molar-refractivity contribution is 5.18. The van der Waals surface area contributed by atoms with Crippen LogP contribution in [0.3, 0.4) is 0 Å². The lowest BCUT2D eigenvalue weighted by Gasteiger charge is -2.37. The molecule has 126 valence electrons. The molecule has 0 radical (unpaired) electrons. The van der Waals surface area contributed by atoms with Crippen molar-refractivity contribution in [1.29, 1.82) is 0 Å². The maximum absolute atomic E-state index is 13.3. The Morgan fingerprint density at radius 3 is 2.04 bits per heavy atom. The van der Waals surface area contributed by atoms with Crippen molar-refractivity contribution in [2.75, 3.05) is 0 Å². The molecule has 2 heteroatoms. The molecule has 0 atom stereocenters. The van der Waals surface area contributed by atoms with Gasteiger partial charge < -0.3 is 0 Å². The molecule has 0 nitrogen and oxygen atoms in total. The van der Waals surface area contributed by atoms with Crippen LogP contribution >= 0.6 is 0 Å².